The quantitative estimate of drug-likeness (QED) is 0.306. The van der Waals surface area contributed by atoms with Crippen LogP contribution in [-0.4, -0.2) is 64.4 Å². The zero-order valence-corrected chi connectivity index (χ0v) is 12.7. The topological polar surface area (TPSA) is 186 Å². The lowest BCUT2D eigenvalue weighted by molar-refractivity contribution is -0.0504. The van der Waals surface area contributed by atoms with Gasteiger partial charge in [0, 0.05) is 0 Å². The van der Waals surface area contributed by atoms with Crippen LogP contribution in [0.3, 0.4) is 0 Å². The number of aliphatic hydroxyl groups is 2. The fourth-order valence-corrected chi connectivity index (χ4v) is 2.71. The summed E-state index contributed by atoms with van der Waals surface area (Å²) in [5, 5.41) is 20.0. The first-order valence-electron chi connectivity index (χ1n) is 6.54. The third kappa shape index (κ3) is 3.10. The molecule has 1 aliphatic heterocycles. The summed E-state index contributed by atoms with van der Waals surface area (Å²) in [5.41, 5.74) is 5.52. The molecule has 0 bridgehead atoms. The minimum absolute atomic E-state index is 0.0663. The minimum Gasteiger partial charge on any atom is -0.387 e. The van der Waals surface area contributed by atoms with Gasteiger partial charge in [-0.3, -0.25) is 9.09 Å². The molecule has 3 rings (SSSR count). The molecule has 1 fully saturated rings. The van der Waals surface area contributed by atoms with E-state index in [1.807, 2.05) is 0 Å². The Morgan fingerprint density at radius 3 is 2.75 bits per heavy atom. The number of nitrogen functional groups attached to an aromatic ring is 1. The summed E-state index contributed by atoms with van der Waals surface area (Å²) in [7, 11) is -4.78. The molecule has 4 atom stereocenters. The van der Waals surface area contributed by atoms with Crippen molar-refractivity contribution in [2.45, 2.75) is 24.5 Å². The maximum Gasteiger partial charge on any atom is 0.469 e. The molecule has 14 heteroatoms. The minimum atomic E-state index is -4.78. The average Bonchev–Trinajstić information content (AvgIpc) is 3.00. The Morgan fingerprint density at radius 2 is 2.08 bits per heavy atom. The van der Waals surface area contributed by atoms with Gasteiger partial charge in [0.15, 0.2) is 23.2 Å². The molecule has 0 radical (unpaired) electrons. The second kappa shape index (κ2) is 5.97. The van der Waals surface area contributed by atoms with E-state index in [9.17, 15) is 19.2 Å². The lowest BCUT2D eigenvalue weighted by Gasteiger charge is -2.16. The highest BCUT2D eigenvalue weighted by Gasteiger charge is 2.45. The number of hydrogen-bond donors (Lipinski definition) is 5. The molecule has 6 N–H and O–H groups in total. The molecule has 0 saturated carbocycles. The molecule has 132 valence electrons. The molecule has 0 unspecified atom stereocenters. The van der Waals surface area contributed by atoms with Crippen molar-refractivity contribution in [3.05, 3.63) is 12.4 Å². The van der Waals surface area contributed by atoms with Gasteiger partial charge in [-0.1, -0.05) is 0 Å². The Bertz CT molecular complexity index is 812. The first kappa shape index (κ1) is 17.1. The Kier molecular flexibility index (Phi) is 4.25. The van der Waals surface area contributed by atoms with E-state index in [0.29, 0.717) is 0 Å². The van der Waals surface area contributed by atoms with Crippen LogP contribution in [0.1, 0.15) is 6.23 Å². The summed E-state index contributed by atoms with van der Waals surface area (Å²) in [6, 6.07) is 0. The summed E-state index contributed by atoms with van der Waals surface area (Å²) in [6.07, 6.45) is -5.46. The normalized spacial score (nSPS) is 27.9. The number of aromatic nitrogens is 4. The van der Waals surface area contributed by atoms with Gasteiger partial charge in [-0.05, 0) is 0 Å². The number of hydrogen-bond acceptors (Lipinski definition) is 9. The molecule has 0 aromatic carbocycles. The number of rotatable bonds is 4. The van der Waals surface area contributed by atoms with Crippen molar-refractivity contribution in [2.24, 2.45) is 0 Å². The molecular weight excluding hydrogens is 352 g/mol. The number of nitrogens with two attached hydrogens (primary N) is 1. The van der Waals surface area contributed by atoms with Crippen molar-refractivity contribution < 1.29 is 38.2 Å². The molecule has 2 aromatic rings. The van der Waals surface area contributed by atoms with Crippen LogP contribution in [-0.2, 0) is 13.8 Å². The first-order valence-corrected chi connectivity index (χ1v) is 8.07. The van der Waals surface area contributed by atoms with Crippen molar-refractivity contribution >= 4 is 24.8 Å². The van der Waals surface area contributed by atoms with Gasteiger partial charge < -0.3 is 30.5 Å². The number of imidazole rings is 1. The van der Waals surface area contributed by atoms with Crippen molar-refractivity contribution in [3.63, 3.8) is 0 Å². The monoisotopic (exact) mass is 365 g/mol. The summed E-state index contributed by atoms with van der Waals surface area (Å²) in [4.78, 5) is 28.1. The van der Waals surface area contributed by atoms with E-state index in [2.05, 4.69) is 19.5 Å². The Hall–Kier alpha value is -1.73. The molecule has 0 aliphatic carbocycles. The molecule has 24 heavy (non-hydrogen) atoms. The van der Waals surface area contributed by atoms with Gasteiger partial charge in [0.05, 0.1) is 12.9 Å². The van der Waals surface area contributed by atoms with Crippen LogP contribution in [0.4, 0.5) is 10.2 Å². The number of nitrogens with zero attached hydrogens (tertiary/aromatic N) is 4. The highest BCUT2D eigenvalue weighted by molar-refractivity contribution is 7.46. The molecule has 3 heterocycles. The summed E-state index contributed by atoms with van der Waals surface area (Å²) in [5.74, 6) is -0.217. The molecule has 0 amide bonds. The van der Waals surface area contributed by atoms with Crippen LogP contribution in [0.25, 0.3) is 11.2 Å². The Morgan fingerprint density at radius 1 is 1.38 bits per heavy atom. The van der Waals surface area contributed by atoms with Gasteiger partial charge in [0.2, 0.25) is 0 Å². The molecule has 1 saturated heterocycles. The number of fused-ring (bicyclic) bond motifs is 1. The third-order valence-electron chi connectivity index (χ3n) is 3.44. The molecule has 2 aromatic heterocycles. The molecule has 1 aliphatic rings. The second-order valence-electron chi connectivity index (χ2n) is 5.03. The summed E-state index contributed by atoms with van der Waals surface area (Å²) in [6.45, 7) is -0.670. The zero-order valence-electron chi connectivity index (χ0n) is 11.8. The molecule has 12 nitrogen and oxygen atoms in total. The van der Waals surface area contributed by atoms with Crippen LogP contribution in [0.5, 0.6) is 0 Å². The van der Waals surface area contributed by atoms with Gasteiger partial charge in [-0.15, -0.1) is 0 Å². The maximum absolute atomic E-state index is 13.3. The van der Waals surface area contributed by atoms with E-state index < -0.39 is 45.0 Å². The van der Waals surface area contributed by atoms with Crippen LogP contribution in [0.2, 0.25) is 0 Å². The van der Waals surface area contributed by atoms with E-state index >= 15 is 0 Å². The van der Waals surface area contributed by atoms with Gasteiger partial charge >= 0.3 is 13.9 Å². The van der Waals surface area contributed by atoms with Crippen LogP contribution in [0, 0.1) is 6.08 Å². The van der Waals surface area contributed by atoms with Gasteiger partial charge in [0.25, 0.3) is 0 Å². The van der Waals surface area contributed by atoms with Crippen LogP contribution >= 0.6 is 7.82 Å². The number of aliphatic hydroxyl groups excluding tert-OH is 2. The zero-order chi connectivity index (χ0) is 17.6. The van der Waals surface area contributed by atoms with E-state index in [1.54, 1.807) is 0 Å². The predicted octanol–water partition coefficient (Wildman–Crippen LogP) is -1.72. The number of phosphoric acid groups is 1. The first-order chi connectivity index (χ1) is 11.2. The standard InChI is InChI=1S/C10H13FN5O7P/c11-10-14-7(12)4-8(15-10)16(2-13-4)9-6(18)5(17)3(23-9)1-22-24(19,20)21/h2-3,5-6,9,17-18H,1H2,(H2,12,14,15)(H2,19,20,21)/t3-,5+,6+,9+/m0/s1. The third-order valence-corrected chi connectivity index (χ3v) is 3.92. The van der Waals surface area contributed by atoms with Crippen molar-refractivity contribution in [3.8, 4) is 0 Å². The second-order valence-corrected chi connectivity index (χ2v) is 6.27. The predicted molar refractivity (Wildman–Crippen MR) is 73.6 cm³/mol. The highest BCUT2D eigenvalue weighted by Crippen LogP contribution is 2.38. The van der Waals surface area contributed by atoms with Crippen LogP contribution in [0.15, 0.2) is 6.33 Å². The molecule has 0 spiro atoms. The largest absolute Gasteiger partial charge is 0.469 e. The maximum atomic E-state index is 13.3. The summed E-state index contributed by atoms with van der Waals surface area (Å²) < 4.78 is 34.8. The van der Waals surface area contributed by atoms with Crippen molar-refractivity contribution in [2.75, 3.05) is 12.3 Å². The van der Waals surface area contributed by atoms with E-state index in [-0.39, 0.29) is 17.0 Å². The fraction of sp³-hybridized carbons (Fsp3) is 0.500. The summed E-state index contributed by atoms with van der Waals surface area (Å²) >= 11 is 0. The molecular formula is C10H13FN5O7P. The number of halogens is 1. The Balaban J connectivity index is 1.89. The van der Waals surface area contributed by atoms with Crippen molar-refractivity contribution in [1.29, 1.82) is 0 Å². The fourth-order valence-electron chi connectivity index (χ4n) is 2.36. The van der Waals surface area contributed by atoms with Gasteiger partial charge in [-0.25, -0.2) is 9.55 Å². The number of anilines is 1. The number of ether oxygens (including phenoxy) is 1. The van der Waals surface area contributed by atoms with E-state index in [0.717, 1.165) is 10.9 Å². The van der Waals surface area contributed by atoms with E-state index in [4.69, 9.17) is 20.3 Å². The average molecular weight is 365 g/mol. The highest BCUT2D eigenvalue weighted by atomic mass is 31.2. The SMILES string of the molecule is Nc1nc(F)nc2c1ncn2[C@@H]1O[C@@H](COP(=O)(O)O)[C@@H](O)[C@H]1O. The van der Waals surface area contributed by atoms with Gasteiger partial charge in [0.1, 0.15) is 18.3 Å². The smallest absolute Gasteiger partial charge is 0.387 e. The lowest BCUT2D eigenvalue weighted by atomic mass is 10.1. The van der Waals surface area contributed by atoms with Crippen molar-refractivity contribution in [1.82, 2.24) is 19.5 Å². The Labute approximate surface area is 132 Å². The lowest BCUT2D eigenvalue weighted by Crippen LogP contribution is -2.33. The van der Waals surface area contributed by atoms with E-state index in [1.165, 1.54) is 0 Å². The van der Waals surface area contributed by atoms with Crippen LogP contribution < -0.4 is 5.73 Å². The number of phosphoric ester groups is 1. The van der Waals surface area contributed by atoms with Gasteiger partial charge in [-0.2, -0.15) is 14.4 Å².